The highest BCUT2D eigenvalue weighted by Crippen LogP contribution is 2.32. The van der Waals surface area contributed by atoms with Gasteiger partial charge < -0.3 is 10.2 Å². The summed E-state index contributed by atoms with van der Waals surface area (Å²) in [6, 6.07) is 7.71. The van der Waals surface area contributed by atoms with Gasteiger partial charge in [0.1, 0.15) is 0 Å². The van der Waals surface area contributed by atoms with E-state index in [1.807, 2.05) is 30.3 Å². The third-order valence-corrected chi connectivity index (χ3v) is 4.20. The Morgan fingerprint density at radius 2 is 1.96 bits per heavy atom. The van der Waals surface area contributed by atoms with E-state index in [4.69, 9.17) is 0 Å². The molecule has 0 aromatic heterocycles. The molecule has 2 amide bonds. The summed E-state index contributed by atoms with van der Waals surface area (Å²) < 4.78 is 0. The smallest absolute Gasteiger partial charge is 0.223 e. The number of hydrogen-bond donors (Lipinski definition) is 1. The lowest BCUT2D eigenvalue weighted by atomic mass is 9.93. The standard InChI is InChI=1S/C19H26N2O2/c1-3-4-5-8-12-20-19(23)14-18-17-10-7-6-9-16(17)11-13-21(18)15(2)22/h6-7,9-11,13,18H,3-5,8,12,14H2,1-2H3,(H,20,23). The van der Waals surface area contributed by atoms with Crippen LogP contribution in [-0.4, -0.2) is 23.3 Å². The first-order valence-corrected chi connectivity index (χ1v) is 8.46. The van der Waals surface area contributed by atoms with Crippen molar-refractivity contribution in [1.29, 1.82) is 0 Å². The summed E-state index contributed by atoms with van der Waals surface area (Å²) in [6.07, 6.45) is 8.55. The third kappa shape index (κ3) is 4.68. The lowest BCUT2D eigenvalue weighted by Crippen LogP contribution is -2.35. The molecule has 1 aromatic rings. The Labute approximate surface area is 138 Å². The zero-order valence-electron chi connectivity index (χ0n) is 14.0. The molecule has 1 aliphatic rings. The molecular weight excluding hydrogens is 288 g/mol. The molecule has 1 aliphatic heterocycles. The molecule has 1 atom stereocenters. The molecule has 0 spiro atoms. The fraction of sp³-hybridized carbons (Fsp3) is 0.474. The van der Waals surface area contributed by atoms with Gasteiger partial charge in [-0.25, -0.2) is 0 Å². The molecule has 23 heavy (non-hydrogen) atoms. The van der Waals surface area contributed by atoms with Crippen LogP contribution in [0.3, 0.4) is 0 Å². The zero-order valence-corrected chi connectivity index (χ0v) is 14.0. The number of nitrogens with zero attached hydrogens (tertiary/aromatic N) is 1. The van der Waals surface area contributed by atoms with Crippen molar-refractivity contribution in [3.8, 4) is 0 Å². The summed E-state index contributed by atoms with van der Waals surface area (Å²) in [7, 11) is 0. The van der Waals surface area contributed by atoms with Gasteiger partial charge in [-0.05, 0) is 23.6 Å². The Hall–Kier alpha value is -2.10. The average molecular weight is 314 g/mol. The highest BCUT2D eigenvalue weighted by Gasteiger charge is 2.27. The summed E-state index contributed by atoms with van der Waals surface area (Å²) in [4.78, 5) is 25.8. The Bertz CT molecular complexity index is 580. The molecule has 1 N–H and O–H groups in total. The minimum Gasteiger partial charge on any atom is -0.356 e. The van der Waals surface area contributed by atoms with Crippen LogP contribution in [0.5, 0.6) is 0 Å². The van der Waals surface area contributed by atoms with Gasteiger partial charge in [-0.15, -0.1) is 0 Å². The Balaban J connectivity index is 1.99. The summed E-state index contributed by atoms with van der Waals surface area (Å²) in [5, 5.41) is 2.98. The molecule has 2 rings (SSSR count). The molecule has 0 aliphatic carbocycles. The van der Waals surface area contributed by atoms with Crippen LogP contribution in [0.2, 0.25) is 0 Å². The Morgan fingerprint density at radius 3 is 2.70 bits per heavy atom. The minimum absolute atomic E-state index is 0.00264. The van der Waals surface area contributed by atoms with Crippen LogP contribution in [0.1, 0.15) is 63.1 Å². The topological polar surface area (TPSA) is 49.4 Å². The quantitative estimate of drug-likeness (QED) is 0.781. The number of carbonyl (C=O) groups excluding carboxylic acids is 2. The highest BCUT2D eigenvalue weighted by molar-refractivity contribution is 5.81. The fourth-order valence-corrected chi connectivity index (χ4v) is 2.94. The van der Waals surface area contributed by atoms with Gasteiger partial charge in [-0.3, -0.25) is 9.59 Å². The number of benzene rings is 1. The number of nitrogens with one attached hydrogen (secondary N) is 1. The third-order valence-electron chi connectivity index (χ3n) is 4.20. The second-order valence-corrected chi connectivity index (χ2v) is 6.00. The van der Waals surface area contributed by atoms with E-state index in [1.54, 1.807) is 11.1 Å². The van der Waals surface area contributed by atoms with E-state index in [9.17, 15) is 9.59 Å². The Morgan fingerprint density at radius 1 is 1.17 bits per heavy atom. The van der Waals surface area contributed by atoms with Crippen molar-refractivity contribution >= 4 is 17.9 Å². The van der Waals surface area contributed by atoms with Crippen LogP contribution in [-0.2, 0) is 9.59 Å². The predicted molar refractivity (Wildman–Crippen MR) is 92.5 cm³/mol. The molecule has 0 fully saturated rings. The maximum absolute atomic E-state index is 12.2. The van der Waals surface area contributed by atoms with Crippen molar-refractivity contribution in [3.63, 3.8) is 0 Å². The molecule has 1 aromatic carbocycles. The van der Waals surface area contributed by atoms with E-state index in [2.05, 4.69) is 12.2 Å². The van der Waals surface area contributed by atoms with Crippen molar-refractivity contribution in [2.24, 2.45) is 0 Å². The maximum Gasteiger partial charge on any atom is 0.223 e. The molecule has 1 unspecified atom stereocenters. The summed E-state index contributed by atoms with van der Waals surface area (Å²) in [6.45, 7) is 4.42. The van der Waals surface area contributed by atoms with Gasteiger partial charge >= 0.3 is 0 Å². The fourth-order valence-electron chi connectivity index (χ4n) is 2.94. The average Bonchev–Trinajstić information content (AvgIpc) is 2.54. The highest BCUT2D eigenvalue weighted by atomic mass is 16.2. The van der Waals surface area contributed by atoms with Gasteiger partial charge in [-0.1, -0.05) is 50.5 Å². The van der Waals surface area contributed by atoms with E-state index < -0.39 is 0 Å². The number of carbonyl (C=O) groups is 2. The lowest BCUT2D eigenvalue weighted by molar-refractivity contribution is -0.129. The van der Waals surface area contributed by atoms with E-state index in [1.165, 1.54) is 19.8 Å². The van der Waals surface area contributed by atoms with Gasteiger partial charge in [0.2, 0.25) is 11.8 Å². The SMILES string of the molecule is CCCCCCNC(=O)CC1c2ccccc2C=CN1C(C)=O. The van der Waals surface area contributed by atoms with Crippen LogP contribution in [0.15, 0.2) is 30.5 Å². The summed E-state index contributed by atoms with van der Waals surface area (Å²) in [5.41, 5.74) is 2.11. The maximum atomic E-state index is 12.2. The lowest BCUT2D eigenvalue weighted by Gasteiger charge is -2.32. The van der Waals surface area contributed by atoms with Crippen molar-refractivity contribution in [3.05, 3.63) is 41.6 Å². The molecule has 0 bridgehead atoms. The molecule has 1 heterocycles. The number of amides is 2. The summed E-state index contributed by atoms with van der Waals surface area (Å²) >= 11 is 0. The van der Waals surface area contributed by atoms with Gasteiger partial charge in [0.05, 0.1) is 12.5 Å². The van der Waals surface area contributed by atoms with Crippen molar-refractivity contribution in [2.75, 3.05) is 6.54 Å². The van der Waals surface area contributed by atoms with Crippen LogP contribution >= 0.6 is 0 Å². The van der Waals surface area contributed by atoms with Crippen LogP contribution in [0.4, 0.5) is 0 Å². The van der Waals surface area contributed by atoms with Crippen molar-refractivity contribution in [2.45, 2.75) is 52.0 Å². The van der Waals surface area contributed by atoms with E-state index >= 15 is 0 Å². The Kier molecular flexibility index (Phi) is 6.39. The monoisotopic (exact) mass is 314 g/mol. The summed E-state index contributed by atoms with van der Waals surface area (Å²) in [5.74, 6) is -0.0423. The molecule has 0 saturated heterocycles. The first kappa shape index (κ1) is 17.3. The van der Waals surface area contributed by atoms with E-state index in [0.29, 0.717) is 13.0 Å². The number of unbranched alkanes of at least 4 members (excludes halogenated alkanes) is 3. The minimum atomic E-state index is -0.218. The van der Waals surface area contributed by atoms with E-state index in [-0.39, 0.29) is 17.9 Å². The second kappa shape index (κ2) is 8.51. The van der Waals surface area contributed by atoms with Gasteiger partial charge in [0.15, 0.2) is 0 Å². The van der Waals surface area contributed by atoms with Crippen LogP contribution < -0.4 is 5.32 Å². The van der Waals surface area contributed by atoms with Gasteiger partial charge in [-0.2, -0.15) is 0 Å². The van der Waals surface area contributed by atoms with Crippen LogP contribution in [0, 0.1) is 0 Å². The molecule has 4 nitrogen and oxygen atoms in total. The van der Waals surface area contributed by atoms with Crippen LogP contribution in [0.25, 0.3) is 6.08 Å². The van der Waals surface area contributed by atoms with Gasteiger partial charge in [0.25, 0.3) is 0 Å². The predicted octanol–water partition coefficient (Wildman–Crippen LogP) is 3.65. The molecular formula is C19H26N2O2. The first-order chi connectivity index (χ1) is 11.1. The second-order valence-electron chi connectivity index (χ2n) is 6.00. The normalized spacial score (nSPS) is 16.1. The first-order valence-electron chi connectivity index (χ1n) is 8.46. The largest absolute Gasteiger partial charge is 0.356 e. The molecule has 4 heteroatoms. The molecule has 0 saturated carbocycles. The van der Waals surface area contributed by atoms with E-state index in [0.717, 1.165) is 24.0 Å². The number of hydrogen-bond acceptors (Lipinski definition) is 2. The number of rotatable bonds is 7. The van der Waals surface area contributed by atoms with Crippen molar-refractivity contribution < 1.29 is 9.59 Å². The zero-order chi connectivity index (χ0) is 16.7. The van der Waals surface area contributed by atoms with Crippen molar-refractivity contribution in [1.82, 2.24) is 10.2 Å². The molecule has 124 valence electrons. The molecule has 0 radical (unpaired) electrons. The van der Waals surface area contributed by atoms with Gasteiger partial charge in [0, 0.05) is 19.7 Å². The number of fused-ring (bicyclic) bond motifs is 1.